The van der Waals surface area contributed by atoms with E-state index in [1.165, 1.54) is 41.8 Å². The molecule has 18 heavy (non-hydrogen) atoms. The number of thioether (sulfide) groups is 1. The molecule has 0 aromatic carbocycles. The van der Waals surface area contributed by atoms with Crippen LogP contribution in [0.4, 0.5) is 0 Å². The van der Waals surface area contributed by atoms with Crippen molar-refractivity contribution < 1.29 is 0 Å². The van der Waals surface area contributed by atoms with E-state index < -0.39 is 0 Å². The van der Waals surface area contributed by atoms with E-state index in [9.17, 15) is 0 Å². The first-order valence-electron chi connectivity index (χ1n) is 7.01. The summed E-state index contributed by atoms with van der Waals surface area (Å²) in [6, 6.07) is 2.24. The second-order valence-corrected chi connectivity index (χ2v) is 6.80. The maximum Gasteiger partial charge on any atom is 0.0991 e. The maximum atomic E-state index is 5.58. The molecule has 0 aliphatic heterocycles. The summed E-state index contributed by atoms with van der Waals surface area (Å²) in [5.41, 5.74) is 8.15. The Balaban J connectivity index is 2.00. The molecule has 1 aromatic heterocycles. The van der Waals surface area contributed by atoms with Gasteiger partial charge in [-0.3, -0.25) is 0 Å². The Morgan fingerprint density at radius 2 is 2.28 bits per heavy atom. The van der Waals surface area contributed by atoms with Crippen LogP contribution in [0.5, 0.6) is 0 Å². The fourth-order valence-electron chi connectivity index (χ4n) is 2.69. The second kappa shape index (κ2) is 6.58. The molecule has 1 heterocycles. The van der Waals surface area contributed by atoms with Crippen molar-refractivity contribution >= 4 is 11.8 Å². The Labute approximate surface area is 115 Å². The Kier molecular flexibility index (Phi) is 5.07. The number of aromatic nitrogens is 1. The van der Waals surface area contributed by atoms with Gasteiger partial charge < -0.3 is 5.73 Å². The molecular formula is C15H24N2S. The van der Waals surface area contributed by atoms with E-state index in [-0.39, 0.29) is 0 Å². The van der Waals surface area contributed by atoms with Crippen LogP contribution in [0.3, 0.4) is 0 Å². The van der Waals surface area contributed by atoms with Gasteiger partial charge in [-0.25, -0.2) is 4.98 Å². The summed E-state index contributed by atoms with van der Waals surface area (Å²) in [6.45, 7) is 5.24. The summed E-state index contributed by atoms with van der Waals surface area (Å²) >= 11 is 1.98. The molecule has 0 amide bonds. The Morgan fingerprint density at radius 3 is 2.94 bits per heavy atom. The minimum atomic E-state index is 0.702. The molecule has 2 N–H and O–H groups in total. The molecule has 2 atom stereocenters. The average Bonchev–Trinajstić information content (AvgIpc) is 2.33. The standard InChI is InChI=1S/C15H24N2S/c1-11-4-3-5-14(8-11)18-15-12(2)9-13(6-7-16)10-17-15/h9-11,14H,3-8,16H2,1-2H3. The van der Waals surface area contributed by atoms with Crippen molar-refractivity contribution in [3.8, 4) is 0 Å². The first kappa shape index (κ1) is 13.9. The Bertz CT molecular complexity index is 392. The first-order valence-corrected chi connectivity index (χ1v) is 7.89. The number of aryl methyl sites for hydroxylation is 1. The molecule has 2 rings (SSSR count). The minimum absolute atomic E-state index is 0.702. The highest BCUT2D eigenvalue weighted by Gasteiger charge is 2.20. The first-order chi connectivity index (χ1) is 8.69. The van der Waals surface area contributed by atoms with Crippen LogP contribution >= 0.6 is 11.8 Å². The molecule has 2 nitrogen and oxygen atoms in total. The van der Waals surface area contributed by atoms with Crippen molar-refractivity contribution in [1.29, 1.82) is 0 Å². The molecular weight excluding hydrogens is 240 g/mol. The molecule has 0 bridgehead atoms. The van der Waals surface area contributed by atoms with Crippen molar-refractivity contribution in [1.82, 2.24) is 4.98 Å². The van der Waals surface area contributed by atoms with E-state index in [4.69, 9.17) is 5.73 Å². The molecule has 0 radical (unpaired) electrons. The van der Waals surface area contributed by atoms with E-state index in [0.717, 1.165) is 17.6 Å². The monoisotopic (exact) mass is 264 g/mol. The lowest BCUT2D eigenvalue weighted by atomic mass is 9.91. The van der Waals surface area contributed by atoms with E-state index in [2.05, 4.69) is 24.9 Å². The number of hydrogen-bond donors (Lipinski definition) is 1. The zero-order valence-corrected chi connectivity index (χ0v) is 12.3. The van der Waals surface area contributed by atoms with Crippen molar-refractivity contribution in [2.45, 2.75) is 56.2 Å². The fraction of sp³-hybridized carbons (Fsp3) is 0.667. The van der Waals surface area contributed by atoms with Gasteiger partial charge >= 0.3 is 0 Å². The lowest BCUT2D eigenvalue weighted by Crippen LogP contribution is -2.15. The highest BCUT2D eigenvalue weighted by atomic mass is 32.2. The summed E-state index contributed by atoms with van der Waals surface area (Å²) in [7, 11) is 0. The third-order valence-corrected chi connectivity index (χ3v) is 5.10. The lowest BCUT2D eigenvalue weighted by molar-refractivity contribution is 0.394. The number of rotatable bonds is 4. The summed E-state index contributed by atoms with van der Waals surface area (Å²) < 4.78 is 0. The fourth-order valence-corrected chi connectivity index (χ4v) is 4.07. The van der Waals surface area contributed by atoms with E-state index >= 15 is 0 Å². The highest BCUT2D eigenvalue weighted by Crippen LogP contribution is 2.36. The molecule has 1 aliphatic carbocycles. The quantitative estimate of drug-likeness (QED) is 0.903. The molecule has 100 valence electrons. The van der Waals surface area contributed by atoms with Gasteiger partial charge in [0.25, 0.3) is 0 Å². The zero-order valence-electron chi connectivity index (χ0n) is 11.5. The van der Waals surface area contributed by atoms with E-state index in [0.29, 0.717) is 6.54 Å². The number of nitrogens with two attached hydrogens (primary N) is 1. The number of nitrogens with zero attached hydrogens (tertiary/aromatic N) is 1. The van der Waals surface area contributed by atoms with Gasteiger partial charge in [0.1, 0.15) is 0 Å². The second-order valence-electron chi connectivity index (χ2n) is 5.52. The van der Waals surface area contributed by atoms with Gasteiger partial charge in [-0.1, -0.05) is 25.8 Å². The molecule has 1 aromatic rings. The van der Waals surface area contributed by atoms with E-state index in [1.54, 1.807) is 0 Å². The van der Waals surface area contributed by atoms with Crippen LogP contribution in [0.15, 0.2) is 17.3 Å². The van der Waals surface area contributed by atoms with Gasteiger partial charge in [0, 0.05) is 11.4 Å². The summed E-state index contributed by atoms with van der Waals surface area (Å²) in [6.07, 6.45) is 8.40. The predicted octanol–water partition coefficient (Wildman–Crippen LogP) is 3.56. The third-order valence-electron chi connectivity index (χ3n) is 3.69. The smallest absolute Gasteiger partial charge is 0.0991 e. The van der Waals surface area contributed by atoms with Crippen molar-refractivity contribution in [2.75, 3.05) is 6.54 Å². The average molecular weight is 264 g/mol. The van der Waals surface area contributed by atoms with Gasteiger partial charge in [0.05, 0.1) is 5.03 Å². The van der Waals surface area contributed by atoms with Crippen molar-refractivity contribution in [3.63, 3.8) is 0 Å². The van der Waals surface area contributed by atoms with Crippen LogP contribution in [0.2, 0.25) is 0 Å². The molecule has 1 fully saturated rings. The molecule has 0 spiro atoms. The summed E-state index contributed by atoms with van der Waals surface area (Å²) in [5.74, 6) is 0.882. The minimum Gasteiger partial charge on any atom is -0.330 e. The zero-order chi connectivity index (χ0) is 13.0. The maximum absolute atomic E-state index is 5.58. The molecule has 1 saturated carbocycles. The van der Waals surface area contributed by atoms with Gasteiger partial charge in [-0.15, -0.1) is 11.8 Å². The van der Waals surface area contributed by atoms with Gasteiger partial charge in [-0.05, 0) is 49.8 Å². The number of pyridine rings is 1. The van der Waals surface area contributed by atoms with Crippen LogP contribution in [0, 0.1) is 12.8 Å². The van der Waals surface area contributed by atoms with Gasteiger partial charge in [0.15, 0.2) is 0 Å². The van der Waals surface area contributed by atoms with Crippen LogP contribution < -0.4 is 5.73 Å². The molecule has 3 heteroatoms. The molecule has 0 saturated heterocycles. The van der Waals surface area contributed by atoms with Crippen molar-refractivity contribution in [2.24, 2.45) is 11.7 Å². The topological polar surface area (TPSA) is 38.9 Å². The van der Waals surface area contributed by atoms with Crippen LogP contribution in [-0.4, -0.2) is 16.8 Å². The highest BCUT2D eigenvalue weighted by molar-refractivity contribution is 7.99. The SMILES string of the molecule is Cc1cc(CCN)cnc1SC1CCCC(C)C1. The van der Waals surface area contributed by atoms with Gasteiger partial charge in [-0.2, -0.15) is 0 Å². The molecule has 2 unspecified atom stereocenters. The number of hydrogen-bond acceptors (Lipinski definition) is 3. The van der Waals surface area contributed by atoms with E-state index in [1.807, 2.05) is 18.0 Å². The predicted molar refractivity (Wildman–Crippen MR) is 79.0 cm³/mol. The van der Waals surface area contributed by atoms with Crippen LogP contribution in [-0.2, 0) is 6.42 Å². The molecule has 1 aliphatic rings. The normalized spacial score (nSPS) is 24.2. The summed E-state index contributed by atoms with van der Waals surface area (Å²) in [4.78, 5) is 4.62. The Morgan fingerprint density at radius 1 is 1.44 bits per heavy atom. The third kappa shape index (κ3) is 3.72. The largest absolute Gasteiger partial charge is 0.330 e. The van der Waals surface area contributed by atoms with Crippen LogP contribution in [0.1, 0.15) is 43.7 Å². The van der Waals surface area contributed by atoms with Gasteiger partial charge in [0.2, 0.25) is 0 Å². The van der Waals surface area contributed by atoms with Crippen molar-refractivity contribution in [3.05, 3.63) is 23.4 Å². The summed E-state index contributed by atoms with van der Waals surface area (Å²) in [5, 5.41) is 1.98. The lowest BCUT2D eigenvalue weighted by Gasteiger charge is -2.26. The van der Waals surface area contributed by atoms with Crippen LogP contribution in [0.25, 0.3) is 0 Å². The Hall–Kier alpha value is -0.540.